The zero-order chi connectivity index (χ0) is 15.4. The van der Waals surface area contributed by atoms with Crippen LogP contribution in [0.2, 0.25) is 5.02 Å². The topological polar surface area (TPSA) is 54.7 Å². The molecule has 0 saturated heterocycles. The molecule has 2 aromatic rings. The van der Waals surface area contributed by atoms with Crippen LogP contribution in [-0.2, 0) is 11.3 Å². The summed E-state index contributed by atoms with van der Waals surface area (Å²) in [5.41, 5.74) is 1.37. The summed E-state index contributed by atoms with van der Waals surface area (Å²) in [6, 6.07) is 8.67. The summed E-state index contributed by atoms with van der Waals surface area (Å²) < 4.78 is 10.4. The minimum Gasteiger partial charge on any atom is -0.453 e. The zero-order valence-corrected chi connectivity index (χ0v) is 12.9. The number of hydrogen-bond donors (Lipinski definition) is 1. The molecule has 0 fully saturated rings. The van der Waals surface area contributed by atoms with Crippen molar-refractivity contribution in [3.8, 4) is 0 Å². The van der Waals surface area contributed by atoms with Gasteiger partial charge in [0.1, 0.15) is 12.4 Å². The quantitative estimate of drug-likeness (QED) is 0.920. The molecule has 2 rings (SSSR count). The summed E-state index contributed by atoms with van der Waals surface area (Å²) in [5, 5.41) is 3.37. The lowest BCUT2D eigenvalue weighted by molar-refractivity contribution is 0.0987. The molecule has 0 aliphatic heterocycles. The van der Waals surface area contributed by atoms with E-state index in [0.29, 0.717) is 23.1 Å². The smallest absolute Gasteiger partial charge is 0.291 e. The van der Waals surface area contributed by atoms with Gasteiger partial charge in [-0.25, -0.2) is 0 Å². The van der Waals surface area contributed by atoms with Crippen LogP contribution in [0.25, 0.3) is 0 Å². The lowest BCUT2D eigenvalue weighted by Gasteiger charge is -2.19. The van der Waals surface area contributed by atoms with Crippen LogP contribution in [0.15, 0.2) is 34.7 Å². The SMILES string of the molecule is COCc1ccc(C(=O)Nc2cccc(Cl)c2N(C)C)o1. The number of halogens is 1. The fraction of sp³-hybridized carbons (Fsp3) is 0.267. The highest BCUT2D eigenvalue weighted by Gasteiger charge is 2.15. The van der Waals surface area contributed by atoms with Crippen molar-refractivity contribution in [2.45, 2.75) is 6.61 Å². The van der Waals surface area contributed by atoms with Crippen molar-refractivity contribution in [3.05, 3.63) is 46.9 Å². The Morgan fingerprint density at radius 2 is 2.10 bits per heavy atom. The summed E-state index contributed by atoms with van der Waals surface area (Å²) >= 11 is 6.17. The maximum atomic E-state index is 12.2. The number of hydrogen-bond acceptors (Lipinski definition) is 4. The molecule has 0 atom stereocenters. The Kier molecular flexibility index (Phi) is 4.88. The monoisotopic (exact) mass is 308 g/mol. The van der Waals surface area contributed by atoms with E-state index in [2.05, 4.69) is 5.32 Å². The number of ether oxygens (including phenoxy) is 1. The van der Waals surface area contributed by atoms with E-state index < -0.39 is 0 Å². The van der Waals surface area contributed by atoms with Gasteiger partial charge in [-0.05, 0) is 24.3 Å². The summed E-state index contributed by atoms with van der Waals surface area (Å²) in [5.74, 6) is 0.496. The van der Waals surface area contributed by atoms with E-state index in [-0.39, 0.29) is 11.7 Å². The highest BCUT2D eigenvalue weighted by atomic mass is 35.5. The Balaban J connectivity index is 2.21. The van der Waals surface area contributed by atoms with Gasteiger partial charge in [0, 0.05) is 21.2 Å². The third kappa shape index (κ3) is 3.56. The Morgan fingerprint density at radius 3 is 2.76 bits per heavy atom. The van der Waals surface area contributed by atoms with E-state index in [1.165, 1.54) is 0 Å². The number of para-hydroxylation sites is 1. The molecule has 1 aromatic heterocycles. The van der Waals surface area contributed by atoms with Crippen LogP contribution < -0.4 is 10.2 Å². The molecule has 1 amide bonds. The number of amides is 1. The minimum atomic E-state index is -0.331. The van der Waals surface area contributed by atoms with Crippen molar-refractivity contribution in [2.24, 2.45) is 0 Å². The summed E-state index contributed by atoms with van der Waals surface area (Å²) in [6.45, 7) is 0.327. The summed E-state index contributed by atoms with van der Waals surface area (Å²) in [6.07, 6.45) is 0. The van der Waals surface area contributed by atoms with Crippen LogP contribution in [0.5, 0.6) is 0 Å². The fourth-order valence-corrected chi connectivity index (χ4v) is 2.32. The van der Waals surface area contributed by atoms with E-state index in [9.17, 15) is 4.79 Å². The molecule has 0 radical (unpaired) electrons. The highest BCUT2D eigenvalue weighted by molar-refractivity contribution is 6.34. The molecule has 0 unspecified atom stereocenters. The Morgan fingerprint density at radius 1 is 1.33 bits per heavy atom. The molecular weight excluding hydrogens is 292 g/mol. The van der Waals surface area contributed by atoms with Gasteiger partial charge in [0.05, 0.1) is 16.4 Å². The standard InChI is InChI=1S/C15H17ClN2O3/c1-18(2)14-11(16)5-4-6-12(14)17-15(19)13-8-7-10(21-13)9-20-3/h4-8H,9H2,1-3H3,(H,17,19). The maximum absolute atomic E-state index is 12.2. The van der Waals surface area contributed by atoms with E-state index in [0.717, 1.165) is 5.69 Å². The second-order valence-electron chi connectivity index (χ2n) is 4.68. The van der Waals surface area contributed by atoms with Crippen molar-refractivity contribution in [3.63, 3.8) is 0 Å². The van der Waals surface area contributed by atoms with Gasteiger partial charge in [-0.15, -0.1) is 0 Å². The first-order valence-electron chi connectivity index (χ1n) is 6.37. The molecule has 112 valence electrons. The molecule has 1 N–H and O–H groups in total. The highest BCUT2D eigenvalue weighted by Crippen LogP contribution is 2.32. The Hall–Kier alpha value is -1.98. The van der Waals surface area contributed by atoms with Gasteiger partial charge in [-0.2, -0.15) is 0 Å². The van der Waals surface area contributed by atoms with Crippen molar-refractivity contribution < 1.29 is 13.9 Å². The van der Waals surface area contributed by atoms with E-state index in [4.69, 9.17) is 20.8 Å². The molecule has 6 heteroatoms. The molecule has 21 heavy (non-hydrogen) atoms. The van der Waals surface area contributed by atoms with Crippen molar-refractivity contribution >= 4 is 28.9 Å². The van der Waals surface area contributed by atoms with Gasteiger partial charge < -0.3 is 19.4 Å². The number of furan rings is 1. The maximum Gasteiger partial charge on any atom is 0.291 e. The van der Waals surface area contributed by atoms with Crippen LogP contribution in [0, 0.1) is 0 Å². The minimum absolute atomic E-state index is 0.228. The van der Waals surface area contributed by atoms with Crippen LogP contribution in [0.3, 0.4) is 0 Å². The summed E-state index contributed by atoms with van der Waals surface area (Å²) in [7, 11) is 5.29. The first-order valence-corrected chi connectivity index (χ1v) is 6.75. The second-order valence-corrected chi connectivity index (χ2v) is 5.09. The molecule has 0 spiro atoms. The van der Waals surface area contributed by atoms with Gasteiger partial charge in [-0.1, -0.05) is 17.7 Å². The van der Waals surface area contributed by atoms with Crippen LogP contribution in [-0.4, -0.2) is 27.1 Å². The average molecular weight is 309 g/mol. The molecule has 1 heterocycles. The number of anilines is 2. The number of rotatable bonds is 5. The normalized spacial score (nSPS) is 10.5. The van der Waals surface area contributed by atoms with Crippen LogP contribution in [0.4, 0.5) is 11.4 Å². The van der Waals surface area contributed by atoms with E-state index >= 15 is 0 Å². The largest absolute Gasteiger partial charge is 0.453 e. The first-order chi connectivity index (χ1) is 10.0. The summed E-state index contributed by atoms with van der Waals surface area (Å²) in [4.78, 5) is 14.1. The third-order valence-corrected chi connectivity index (χ3v) is 3.16. The van der Waals surface area contributed by atoms with E-state index in [1.54, 1.807) is 37.4 Å². The number of nitrogens with one attached hydrogen (secondary N) is 1. The average Bonchev–Trinajstić information content (AvgIpc) is 2.87. The van der Waals surface area contributed by atoms with Crippen molar-refractivity contribution in [1.29, 1.82) is 0 Å². The predicted octanol–water partition coefficient (Wildman–Crippen LogP) is 3.40. The van der Waals surface area contributed by atoms with Gasteiger partial charge in [0.15, 0.2) is 5.76 Å². The fourth-order valence-electron chi connectivity index (χ4n) is 1.97. The molecule has 0 aliphatic rings. The molecular formula is C15H17ClN2O3. The molecule has 1 aromatic carbocycles. The van der Waals surface area contributed by atoms with Gasteiger partial charge in [-0.3, -0.25) is 4.79 Å². The predicted molar refractivity (Wildman–Crippen MR) is 83.2 cm³/mol. The van der Waals surface area contributed by atoms with Gasteiger partial charge >= 0.3 is 0 Å². The van der Waals surface area contributed by atoms with Crippen molar-refractivity contribution in [1.82, 2.24) is 0 Å². The molecule has 0 saturated carbocycles. The van der Waals surface area contributed by atoms with Crippen LogP contribution in [0.1, 0.15) is 16.3 Å². The number of carbonyl (C=O) groups excluding carboxylic acids is 1. The van der Waals surface area contributed by atoms with E-state index in [1.807, 2.05) is 19.0 Å². The number of benzene rings is 1. The molecule has 0 bridgehead atoms. The lowest BCUT2D eigenvalue weighted by Crippen LogP contribution is -2.16. The second kappa shape index (κ2) is 6.65. The zero-order valence-electron chi connectivity index (χ0n) is 12.1. The molecule has 5 nitrogen and oxygen atoms in total. The number of methoxy groups -OCH3 is 1. The van der Waals surface area contributed by atoms with Crippen LogP contribution >= 0.6 is 11.6 Å². The van der Waals surface area contributed by atoms with Gasteiger partial charge in [0.2, 0.25) is 0 Å². The lowest BCUT2D eigenvalue weighted by atomic mass is 10.2. The molecule has 0 aliphatic carbocycles. The number of carbonyl (C=O) groups is 1. The Bertz CT molecular complexity index is 638. The Labute approximate surface area is 128 Å². The van der Waals surface area contributed by atoms with Gasteiger partial charge in [0.25, 0.3) is 5.91 Å². The number of nitrogens with zero attached hydrogens (tertiary/aromatic N) is 1. The first kappa shape index (κ1) is 15.4. The third-order valence-electron chi connectivity index (χ3n) is 2.85. The van der Waals surface area contributed by atoms with Crippen molar-refractivity contribution in [2.75, 3.05) is 31.4 Å².